The van der Waals surface area contributed by atoms with Gasteiger partial charge in [-0.2, -0.15) is 0 Å². The molecule has 36 heavy (non-hydrogen) atoms. The molecule has 1 aliphatic carbocycles. The summed E-state index contributed by atoms with van der Waals surface area (Å²) in [7, 11) is 0. The lowest BCUT2D eigenvalue weighted by atomic mass is 9.74. The van der Waals surface area contributed by atoms with E-state index in [1.165, 1.54) is 27.8 Å². The van der Waals surface area contributed by atoms with Gasteiger partial charge in [0.05, 0.1) is 6.10 Å². The van der Waals surface area contributed by atoms with Crippen LogP contribution in [0.4, 0.5) is 5.69 Å². The molecular formula is C34H47NO. The summed E-state index contributed by atoms with van der Waals surface area (Å²) in [6, 6.07) is 17.9. The van der Waals surface area contributed by atoms with Crippen molar-refractivity contribution in [3.8, 4) is 0 Å². The first-order valence-electron chi connectivity index (χ1n) is 13.7. The molecule has 0 fully saturated rings. The van der Waals surface area contributed by atoms with E-state index in [-0.39, 0.29) is 17.9 Å². The number of aryl methyl sites for hydroxylation is 1. The molecule has 0 saturated heterocycles. The first kappa shape index (κ1) is 29.4. The van der Waals surface area contributed by atoms with Gasteiger partial charge in [0, 0.05) is 30.5 Å². The van der Waals surface area contributed by atoms with Crippen molar-refractivity contribution in [2.75, 3.05) is 11.9 Å². The maximum absolute atomic E-state index is 9.96. The molecule has 0 bridgehead atoms. The monoisotopic (exact) mass is 485 g/mol. The molecule has 194 valence electrons. The SMILES string of the molecule is C=C/C=C(\C)C(c1ccc(NCC(CC)C(C)O)cc1)C(CCC1=C=CC1)c1cccc(C)c1.CC. The van der Waals surface area contributed by atoms with Crippen molar-refractivity contribution in [3.63, 3.8) is 0 Å². The first-order chi connectivity index (χ1) is 17.4. The molecule has 0 aromatic heterocycles. The second-order valence-electron chi connectivity index (χ2n) is 9.75. The minimum absolute atomic E-state index is 0.255. The van der Waals surface area contributed by atoms with Gasteiger partial charge in [0.25, 0.3) is 0 Å². The summed E-state index contributed by atoms with van der Waals surface area (Å²) in [6.45, 7) is 17.2. The molecule has 0 amide bonds. The van der Waals surface area contributed by atoms with E-state index in [1.54, 1.807) is 0 Å². The van der Waals surface area contributed by atoms with Crippen LogP contribution >= 0.6 is 0 Å². The highest BCUT2D eigenvalue weighted by molar-refractivity contribution is 5.48. The third-order valence-electron chi connectivity index (χ3n) is 7.20. The zero-order valence-corrected chi connectivity index (χ0v) is 23.4. The highest BCUT2D eigenvalue weighted by Crippen LogP contribution is 2.43. The Morgan fingerprint density at radius 3 is 2.36 bits per heavy atom. The van der Waals surface area contributed by atoms with Gasteiger partial charge in [0.2, 0.25) is 0 Å². The Labute approximate surface area is 220 Å². The molecule has 2 heteroatoms. The number of anilines is 1. The Morgan fingerprint density at radius 1 is 1.14 bits per heavy atom. The van der Waals surface area contributed by atoms with Crippen LogP contribution in [0, 0.1) is 12.8 Å². The van der Waals surface area contributed by atoms with Gasteiger partial charge in [0.15, 0.2) is 0 Å². The van der Waals surface area contributed by atoms with Crippen molar-refractivity contribution in [3.05, 3.63) is 107 Å². The van der Waals surface area contributed by atoms with Crippen LogP contribution in [0.1, 0.15) is 88.8 Å². The van der Waals surface area contributed by atoms with Crippen LogP contribution in [-0.4, -0.2) is 17.8 Å². The summed E-state index contributed by atoms with van der Waals surface area (Å²) in [6.07, 6.45) is 10.1. The number of rotatable bonds is 13. The summed E-state index contributed by atoms with van der Waals surface area (Å²) in [4.78, 5) is 0. The van der Waals surface area contributed by atoms with Crippen molar-refractivity contribution < 1.29 is 5.11 Å². The molecule has 2 aromatic carbocycles. The fraction of sp³-hybridized carbons (Fsp3) is 0.441. The Hall–Kier alpha value is -2.80. The second-order valence-corrected chi connectivity index (χ2v) is 9.75. The lowest BCUT2D eigenvalue weighted by Crippen LogP contribution is -2.24. The van der Waals surface area contributed by atoms with E-state index in [9.17, 15) is 5.11 Å². The van der Waals surface area contributed by atoms with Crippen molar-refractivity contribution >= 4 is 5.69 Å². The Bertz CT molecular complexity index is 1040. The lowest BCUT2D eigenvalue weighted by molar-refractivity contribution is 0.129. The van der Waals surface area contributed by atoms with Crippen LogP contribution in [0.2, 0.25) is 0 Å². The Balaban J connectivity index is 0.00000222. The number of nitrogens with one attached hydrogen (secondary N) is 1. The van der Waals surface area contributed by atoms with Crippen LogP contribution < -0.4 is 5.32 Å². The number of aliphatic hydroxyl groups excluding tert-OH is 1. The fourth-order valence-electron chi connectivity index (χ4n) is 4.99. The maximum Gasteiger partial charge on any atom is 0.0556 e. The molecule has 0 heterocycles. The highest BCUT2D eigenvalue weighted by atomic mass is 16.3. The zero-order valence-electron chi connectivity index (χ0n) is 23.4. The lowest BCUT2D eigenvalue weighted by Gasteiger charge is -2.30. The second kappa shape index (κ2) is 15.3. The normalized spacial score (nSPS) is 16.0. The predicted octanol–water partition coefficient (Wildman–Crippen LogP) is 9.11. The van der Waals surface area contributed by atoms with E-state index in [2.05, 4.69) is 99.1 Å². The number of allylic oxidation sites excluding steroid dienone is 4. The molecule has 0 radical (unpaired) electrons. The third-order valence-corrected chi connectivity index (χ3v) is 7.20. The van der Waals surface area contributed by atoms with Gasteiger partial charge in [-0.05, 0) is 80.9 Å². The van der Waals surface area contributed by atoms with E-state index in [4.69, 9.17) is 0 Å². The van der Waals surface area contributed by atoms with Crippen LogP contribution in [-0.2, 0) is 0 Å². The van der Waals surface area contributed by atoms with Crippen LogP contribution in [0.3, 0.4) is 0 Å². The van der Waals surface area contributed by atoms with E-state index in [0.29, 0.717) is 5.92 Å². The average Bonchev–Trinajstić information content (AvgIpc) is 2.84. The zero-order chi connectivity index (χ0) is 26.5. The minimum Gasteiger partial charge on any atom is -0.393 e. The molecule has 4 atom stereocenters. The number of benzene rings is 2. The standard InChI is InChI=1S/C32H41NO.C2H6/c1-6-10-24(4)32(28-16-18-30(19-17-28)33-22-27(7-2)25(5)34)31(20-15-26-12-9-13-26)29-14-8-11-23(3)21-29;1-2/h6,8-11,14,16-19,21,25,27,31-34H,1,7,12,15,20,22H2,2-5H3;1-2H3/b24-10+;. The number of hydrogen-bond acceptors (Lipinski definition) is 2. The van der Waals surface area contributed by atoms with Crippen molar-refractivity contribution in [2.45, 2.75) is 85.2 Å². The molecular weight excluding hydrogens is 438 g/mol. The van der Waals surface area contributed by atoms with Crippen molar-refractivity contribution in [1.29, 1.82) is 0 Å². The Kier molecular flexibility index (Phi) is 12.5. The summed E-state index contributed by atoms with van der Waals surface area (Å²) in [5.41, 5.74) is 11.3. The van der Waals surface area contributed by atoms with Crippen LogP contribution in [0.5, 0.6) is 0 Å². The third kappa shape index (κ3) is 8.40. The van der Waals surface area contributed by atoms with Crippen molar-refractivity contribution in [2.24, 2.45) is 5.92 Å². The van der Waals surface area contributed by atoms with Gasteiger partial charge in [-0.25, -0.2) is 0 Å². The first-order valence-corrected chi connectivity index (χ1v) is 13.7. The van der Waals surface area contributed by atoms with Gasteiger partial charge in [-0.1, -0.05) is 87.0 Å². The molecule has 0 spiro atoms. The van der Waals surface area contributed by atoms with Gasteiger partial charge in [0.1, 0.15) is 0 Å². The highest BCUT2D eigenvalue weighted by Gasteiger charge is 2.27. The van der Waals surface area contributed by atoms with Crippen LogP contribution in [0.25, 0.3) is 0 Å². The van der Waals surface area contributed by atoms with E-state index in [1.807, 2.05) is 26.8 Å². The molecule has 4 unspecified atom stereocenters. The van der Waals surface area contributed by atoms with E-state index in [0.717, 1.165) is 37.9 Å². The molecule has 3 rings (SSSR count). The number of aliphatic hydroxyl groups is 1. The van der Waals surface area contributed by atoms with E-state index < -0.39 is 0 Å². The van der Waals surface area contributed by atoms with Gasteiger partial charge < -0.3 is 10.4 Å². The van der Waals surface area contributed by atoms with Crippen LogP contribution in [0.15, 0.2) is 90.2 Å². The maximum atomic E-state index is 9.96. The quantitative estimate of drug-likeness (QED) is 0.219. The molecule has 0 aliphatic heterocycles. The summed E-state index contributed by atoms with van der Waals surface area (Å²) in [5, 5.41) is 13.5. The molecule has 2 N–H and O–H groups in total. The molecule has 1 aliphatic rings. The fourth-order valence-corrected chi connectivity index (χ4v) is 4.99. The topological polar surface area (TPSA) is 32.3 Å². The van der Waals surface area contributed by atoms with Crippen molar-refractivity contribution in [1.82, 2.24) is 0 Å². The molecule has 2 aromatic rings. The summed E-state index contributed by atoms with van der Waals surface area (Å²) >= 11 is 0. The summed E-state index contributed by atoms with van der Waals surface area (Å²) < 4.78 is 0. The molecule has 0 saturated carbocycles. The smallest absolute Gasteiger partial charge is 0.0556 e. The van der Waals surface area contributed by atoms with Gasteiger partial charge in [-0.3, -0.25) is 0 Å². The average molecular weight is 486 g/mol. The Morgan fingerprint density at radius 2 is 1.83 bits per heavy atom. The molecule has 2 nitrogen and oxygen atoms in total. The minimum atomic E-state index is -0.302. The van der Waals surface area contributed by atoms with Gasteiger partial charge in [-0.15, -0.1) is 5.73 Å². The predicted molar refractivity (Wildman–Crippen MR) is 158 cm³/mol. The number of hydrogen-bond donors (Lipinski definition) is 2. The largest absolute Gasteiger partial charge is 0.393 e. The summed E-state index contributed by atoms with van der Waals surface area (Å²) in [5.74, 6) is 0.912. The van der Waals surface area contributed by atoms with Gasteiger partial charge >= 0.3 is 0 Å². The van der Waals surface area contributed by atoms with E-state index >= 15 is 0 Å².